The Labute approximate surface area is 113 Å². The van der Waals surface area contributed by atoms with Gasteiger partial charge in [0.2, 0.25) is 11.8 Å². The zero-order valence-corrected chi connectivity index (χ0v) is 11.5. The van der Waals surface area contributed by atoms with Crippen LogP contribution in [-0.2, 0) is 9.59 Å². The first-order valence-corrected chi connectivity index (χ1v) is 6.61. The summed E-state index contributed by atoms with van der Waals surface area (Å²) in [4.78, 5) is 23.2. The van der Waals surface area contributed by atoms with Gasteiger partial charge in [0, 0.05) is 22.7 Å². The van der Waals surface area contributed by atoms with Gasteiger partial charge in [0.1, 0.15) is 5.82 Å². The van der Waals surface area contributed by atoms with Crippen LogP contribution in [0.3, 0.4) is 0 Å². The summed E-state index contributed by atoms with van der Waals surface area (Å²) in [5.74, 6) is -1.48. The Morgan fingerprint density at radius 3 is 2.83 bits per heavy atom. The van der Waals surface area contributed by atoms with Crippen molar-refractivity contribution < 1.29 is 14.0 Å². The van der Waals surface area contributed by atoms with Crippen LogP contribution in [-0.4, -0.2) is 11.8 Å². The van der Waals surface area contributed by atoms with Crippen LogP contribution in [0.5, 0.6) is 0 Å². The van der Waals surface area contributed by atoms with Gasteiger partial charge in [-0.2, -0.15) is 0 Å². The van der Waals surface area contributed by atoms with Crippen molar-refractivity contribution in [2.24, 2.45) is 5.92 Å². The molecule has 2 amide bonds. The number of carbonyl (C=O) groups excluding carboxylic acids is 2. The molecule has 1 fully saturated rings. The smallest absolute Gasteiger partial charge is 0.230 e. The number of carbonyl (C=O) groups is 2. The van der Waals surface area contributed by atoms with E-state index in [9.17, 15) is 14.0 Å². The van der Waals surface area contributed by atoms with E-state index in [2.05, 4.69) is 21.2 Å². The van der Waals surface area contributed by atoms with E-state index >= 15 is 0 Å². The molecule has 1 N–H and O–H groups in total. The van der Waals surface area contributed by atoms with Gasteiger partial charge in [0.15, 0.2) is 0 Å². The molecule has 2 rings (SSSR count). The Balaban J connectivity index is 2.42. The number of halogens is 2. The standard InChI is InChI=1S/C13H13BrFNO2/c1-2-8-9(6-12(17)16-13(8)18)10-5-7(15)3-4-11(10)14/h3-5,8-9H,2,6H2,1H3,(H,16,17,18). The highest BCUT2D eigenvalue weighted by molar-refractivity contribution is 9.10. The highest BCUT2D eigenvalue weighted by Crippen LogP contribution is 2.37. The monoisotopic (exact) mass is 313 g/mol. The lowest BCUT2D eigenvalue weighted by Crippen LogP contribution is -2.44. The first-order chi connectivity index (χ1) is 8.52. The van der Waals surface area contributed by atoms with Gasteiger partial charge in [-0.05, 0) is 30.2 Å². The maximum absolute atomic E-state index is 13.3. The average molecular weight is 314 g/mol. The van der Waals surface area contributed by atoms with E-state index < -0.39 is 0 Å². The van der Waals surface area contributed by atoms with Crippen molar-refractivity contribution in [3.63, 3.8) is 0 Å². The third kappa shape index (κ3) is 2.46. The molecule has 96 valence electrons. The summed E-state index contributed by atoms with van der Waals surface area (Å²) in [6, 6.07) is 4.34. The molecule has 5 heteroatoms. The second-order valence-electron chi connectivity index (χ2n) is 4.40. The molecule has 1 aliphatic heterocycles. The summed E-state index contributed by atoms with van der Waals surface area (Å²) < 4.78 is 14.1. The number of piperidine rings is 1. The Morgan fingerprint density at radius 1 is 1.44 bits per heavy atom. The van der Waals surface area contributed by atoms with Crippen molar-refractivity contribution >= 4 is 27.7 Å². The topological polar surface area (TPSA) is 46.2 Å². The number of hydrogen-bond acceptors (Lipinski definition) is 2. The molecule has 2 atom stereocenters. The molecule has 1 aromatic rings. The SMILES string of the molecule is CCC1C(=O)NC(=O)CC1c1cc(F)ccc1Br. The summed E-state index contributed by atoms with van der Waals surface area (Å²) in [5, 5.41) is 2.33. The summed E-state index contributed by atoms with van der Waals surface area (Å²) in [6.45, 7) is 1.89. The minimum Gasteiger partial charge on any atom is -0.296 e. The van der Waals surface area contributed by atoms with Gasteiger partial charge in [0.05, 0.1) is 0 Å². The zero-order valence-electron chi connectivity index (χ0n) is 9.87. The number of amides is 2. The second-order valence-corrected chi connectivity index (χ2v) is 5.26. The number of benzene rings is 1. The quantitative estimate of drug-likeness (QED) is 0.853. The van der Waals surface area contributed by atoms with E-state index in [-0.39, 0.29) is 35.9 Å². The van der Waals surface area contributed by atoms with Crippen LogP contribution in [0.2, 0.25) is 0 Å². The molecule has 3 nitrogen and oxygen atoms in total. The van der Waals surface area contributed by atoms with Crippen LogP contribution < -0.4 is 5.32 Å². The first-order valence-electron chi connectivity index (χ1n) is 5.81. The predicted octanol–water partition coefficient (Wildman–Crippen LogP) is 2.74. The lowest BCUT2D eigenvalue weighted by molar-refractivity contribution is -0.137. The van der Waals surface area contributed by atoms with Gasteiger partial charge in [-0.1, -0.05) is 22.9 Å². The molecule has 1 aromatic carbocycles. The van der Waals surface area contributed by atoms with Crippen LogP contribution >= 0.6 is 15.9 Å². The minimum atomic E-state index is -0.360. The molecule has 0 radical (unpaired) electrons. The van der Waals surface area contributed by atoms with Gasteiger partial charge in [0.25, 0.3) is 0 Å². The maximum Gasteiger partial charge on any atom is 0.230 e. The van der Waals surface area contributed by atoms with E-state index in [0.29, 0.717) is 12.0 Å². The predicted molar refractivity (Wildman–Crippen MR) is 68.4 cm³/mol. The fraction of sp³-hybridized carbons (Fsp3) is 0.385. The fourth-order valence-electron chi connectivity index (χ4n) is 2.40. The van der Waals surface area contributed by atoms with Crippen LogP contribution in [0, 0.1) is 11.7 Å². The summed E-state index contributed by atoms with van der Waals surface area (Å²) >= 11 is 3.35. The van der Waals surface area contributed by atoms with Crippen LogP contribution in [0.15, 0.2) is 22.7 Å². The molecule has 0 bridgehead atoms. The van der Waals surface area contributed by atoms with Crippen molar-refractivity contribution in [1.82, 2.24) is 5.32 Å². The van der Waals surface area contributed by atoms with E-state index in [1.807, 2.05) is 6.92 Å². The molecule has 0 aliphatic carbocycles. The van der Waals surface area contributed by atoms with Gasteiger partial charge in [-0.15, -0.1) is 0 Å². The lowest BCUT2D eigenvalue weighted by Gasteiger charge is -2.30. The van der Waals surface area contributed by atoms with Crippen LogP contribution in [0.1, 0.15) is 31.2 Å². The molecule has 0 spiro atoms. The normalized spacial score (nSPS) is 23.9. The summed E-state index contributed by atoms with van der Waals surface area (Å²) in [6.07, 6.45) is 0.832. The Kier molecular flexibility index (Phi) is 3.80. The van der Waals surface area contributed by atoms with Crippen molar-refractivity contribution in [2.75, 3.05) is 0 Å². The van der Waals surface area contributed by atoms with E-state index in [1.165, 1.54) is 12.1 Å². The number of nitrogens with one attached hydrogen (secondary N) is 1. The fourth-order valence-corrected chi connectivity index (χ4v) is 2.94. The van der Waals surface area contributed by atoms with E-state index in [0.717, 1.165) is 4.47 Å². The van der Waals surface area contributed by atoms with Gasteiger partial charge in [-0.25, -0.2) is 4.39 Å². The molecular formula is C13H13BrFNO2. The Bertz CT molecular complexity index is 504. The molecule has 18 heavy (non-hydrogen) atoms. The Morgan fingerprint density at radius 2 is 2.17 bits per heavy atom. The highest BCUT2D eigenvalue weighted by Gasteiger charge is 2.36. The van der Waals surface area contributed by atoms with Crippen LogP contribution in [0.25, 0.3) is 0 Å². The number of imide groups is 1. The van der Waals surface area contributed by atoms with Crippen molar-refractivity contribution in [3.05, 3.63) is 34.1 Å². The molecule has 1 aliphatic rings. The largest absolute Gasteiger partial charge is 0.296 e. The van der Waals surface area contributed by atoms with Gasteiger partial charge >= 0.3 is 0 Å². The summed E-state index contributed by atoms with van der Waals surface area (Å²) in [7, 11) is 0. The number of rotatable bonds is 2. The van der Waals surface area contributed by atoms with Gasteiger partial charge in [-0.3, -0.25) is 14.9 Å². The number of hydrogen-bond donors (Lipinski definition) is 1. The highest BCUT2D eigenvalue weighted by atomic mass is 79.9. The zero-order chi connectivity index (χ0) is 13.3. The summed E-state index contributed by atoms with van der Waals surface area (Å²) in [5.41, 5.74) is 0.685. The molecule has 0 saturated carbocycles. The molecule has 1 heterocycles. The lowest BCUT2D eigenvalue weighted by atomic mass is 9.79. The van der Waals surface area contributed by atoms with E-state index in [1.54, 1.807) is 6.07 Å². The maximum atomic E-state index is 13.3. The van der Waals surface area contributed by atoms with Gasteiger partial charge < -0.3 is 0 Å². The minimum absolute atomic E-state index is 0.215. The van der Waals surface area contributed by atoms with E-state index in [4.69, 9.17) is 0 Å². The first kappa shape index (κ1) is 13.2. The van der Waals surface area contributed by atoms with Crippen molar-refractivity contribution in [3.8, 4) is 0 Å². The average Bonchev–Trinajstić information content (AvgIpc) is 2.31. The molecule has 1 saturated heterocycles. The molecule has 2 unspecified atom stereocenters. The third-order valence-electron chi connectivity index (χ3n) is 3.29. The van der Waals surface area contributed by atoms with Crippen molar-refractivity contribution in [1.29, 1.82) is 0 Å². The molecular weight excluding hydrogens is 301 g/mol. The Hall–Kier alpha value is -1.23. The second kappa shape index (κ2) is 5.18. The molecule has 0 aromatic heterocycles. The van der Waals surface area contributed by atoms with Crippen LogP contribution in [0.4, 0.5) is 4.39 Å². The van der Waals surface area contributed by atoms with Crippen molar-refractivity contribution in [2.45, 2.75) is 25.7 Å². The third-order valence-corrected chi connectivity index (χ3v) is 4.01.